The van der Waals surface area contributed by atoms with Crippen LogP contribution in [0.3, 0.4) is 0 Å². The van der Waals surface area contributed by atoms with E-state index in [1.807, 2.05) is 24.3 Å². The summed E-state index contributed by atoms with van der Waals surface area (Å²) in [6.45, 7) is 4.04. The number of aromatic hydroxyl groups is 1. The van der Waals surface area contributed by atoms with Crippen molar-refractivity contribution in [1.29, 1.82) is 0 Å². The predicted molar refractivity (Wildman–Crippen MR) is 125 cm³/mol. The second-order valence-electron chi connectivity index (χ2n) is 8.21. The van der Waals surface area contributed by atoms with Crippen LogP contribution in [0.4, 0.5) is 14.5 Å². The molecule has 7 heteroatoms. The van der Waals surface area contributed by atoms with Crippen LogP contribution in [0.15, 0.2) is 72.8 Å². The summed E-state index contributed by atoms with van der Waals surface area (Å²) in [6.07, 6.45) is 0. The number of aromatic amines is 1. The lowest BCUT2D eigenvalue weighted by atomic mass is 10.0. The Kier molecular flexibility index (Phi) is 5.79. The molecule has 2 N–H and O–H groups in total. The molecule has 1 saturated heterocycles. The van der Waals surface area contributed by atoms with E-state index in [-0.39, 0.29) is 17.4 Å². The molecule has 4 aromatic rings. The van der Waals surface area contributed by atoms with Gasteiger partial charge in [-0.2, -0.15) is 0 Å². The molecule has 0 atom stereocenters. The van der Waals surface area contributed by atoms with Gasteiger partial charge in [-0.25, -0.2) is 13.8 Å². The van der Waals surface area contributed by atoms with E-state index in [0.29, 0.717) is 29.1 Å². The van der Waals surface area contributed by atoms with Gasteiger partial charge in [0.05, 0.1) is 17.9 Å². The second-order valence-corrected chi connectivity index (χ2v) is 8.21. The van der Waals surface area contributed by atoms with Crippen molar-refractivity contribution in [1.82, 2.24) is 14.9 Å². The Morgan fingerprint density at radius 3 is 2.12 bits per heavy atom. The highest BCUT2D eigenvalue weighted by atomic mass is 19.1. The first-order chi connectivity index (χ1) is 16.0. The van der Waals surface area contributed by atoms with Crippen molar-refractivity contribution in [3.05, 3.63) is 90.3 Å². The van der Waals surface area contributed by atoms with Crippen molar-refractivity contribution >= 4 is 5.69 Å². The van der Waals surface area contributed by atoms with E-state index >= 15 is 0 Å². The number of nitrogens with one attached hydrogen (secondary N) is 1. The number of halogens is 2. The average molecular weight is 447 g/mol. The van der Waals surface area contributed by atoms with Gasteiger partial charge in [0.25, 0.3) is 0 Å². The zero-order chi connectivity index (χ0) is 22.8. The molecule has 0 unspecified atom stereocenters. The van der Waals surface area contributed by atoms with Crippen LogP contribution < -0.4 is 4.90 Å². The molecular weight excluding hydrogens is 422 g/mol. The molecule has 0 radical (unpaired) electrons. The van der Waals surface area contributed by atoms with Crippen LogP contribution in [0.1, 0.15) is 5.82 Å². The molecule has 1 aliphatic rings. The fourth-order valence-corrected chi connectivity index (χ4v) is 4.23. The minimum absolute atomic E-state index is 0.262. The van der Waals surface area contributed by atoms with Gasteiger partial charge in [0.15, 0.2) is 0 Å². The molecule has 1 fully saturated rings. The van der Waals surface area contributed by atoms with Gasteiger partial charge in [0.1, 0.15) is 23.2 Å². The van der Waals surface area contributed by atoms with E-state index in [1.165, 1.54) is 24.3 Å². The van der Waals surface area contributed by atoms with Crippen LogP contribution in [0, 0.1) is 11.6 Å². The first-order valence-electron chi connectivity index (χ1n) is 10.9. The molecule has 0 spiro atoms. The third-order valence-corrected chi connectivity index (χ3v) is 5.92. The quantitative estimate of drug-likeness (QED) is 0.451. The Balaban J connectivity index is 1.37. The Bertz CT molecular complexity index is 1180. The molecule has 33 heavy (non-hydrogen) atoms. The highest BCUT2D eigenvalue weighted by Crippen LogP contribution is 2.31. The van der Waals surface area contributed by atoms with Crippen molar-refractivity contribution in [2.75, 3.05) is 31.1 Å². The first-order valence-corrected chi connectivity index (χ1v) is 10.9. The van der Waals surface area contributed by atoms with Gasteiger partial charge in [-0.15, -0.1) is 0 Å². The van der Waals surface area contributed by atoms with Gasteiger partial charge in [0, 0.05) is 43.0 Å². The summed E-state index contributed by atoms with van der Waals surface area (Å²) in [5, 5.41) is 9.50. The third kappa shape index (κ3) is 4.73. The first kappa shape index (κ1) is 21.2. The highest BCUT2D eigenvalue weighted by Gasteiger charge is 2.21. The summed E-state index contributed by atoms with van der Waals surface area (Å²) < 4.78 is 27.8. The molecule has 0 saturated carbocycles. The Hall–Kier alpha value is -3.71. The van der Waals surface area contributed by atoms with E-state index < -0.39 is 0 Å². The SMILES string of the molecule is Oc1ccc(N2CCN(Cc3nc(-c4cccc(F)c4)c(-c4cccc(F)c4)[nH]3)CC2)cc1. The zero-order valence-corrected chi connectivity index (χ0v) is 18.0. The van der Waals surface area contributed by atoms with Gasteiger partial charge in [-0.3, -0.25) is 4.90 Å². The van der Waals surface area contributed by atoms with Crippen LogP contribution in [0.2, 0.25) is 0 Å². The number of imidazole rings is 1. The predicted octanol–water partition coefficient (Wildman–Crippen LogP) is 5.05. The molecule has 0 bridgehead atoms. The van der Waals surface area contributed by atoms with Gasteiger partial charge < -0.3 is 15.0 Å². The molecule has 168 valence electrons. The van der Waals surface area contributed by atoms with Crippen molar-refractivity contribution in [3.8, 4) is 28.3 Å². The molecular formula is C26H24F2N4O. The van der Waals surface area contributed by atoms with E-state index in [1.54, 1.807) is 24.3 Å². The van der Waals surface area contributed by atoms with Crippen LogP contribution in [-0.4, -0.2) is 46.2 Å². The van der Waals surface area contributed by atoms with E-state index in [9.17, 15) is 13.9 Å². The molecule has 5 rings (SSSR count). The third-order valence-electron chi connectivity index (χ3n) is 5.92. The Morgan fingerprint density at radius 2 is 1.45 bits per heavy atom. The number of nitrogens with zero attached hydrogens (tertiary/aromatic N) is 3. The van der Waals surface area contributed by atoms with Crippen molar-refractivity contribution in [2.24, 2.45) is 0 Å². The van der Waals surface area contributed by atoms with E-state index in [4.69, 9.17) is 4.98 Å². The van der Waals surface area contributed by atoms with Gasteiger partial charge in [0.2, 0.25) is 0 Å². The number of H-pyrrole nitrogens is 1. The maximum absolute atomic E-state index is 13.9. The topological polar surface area (TPSA) is 55.4 Å². The minimum atomic E-state index is -0.340. The minimum Gasteiger partial charge on any atom is -0.508 e. The van der Waals surface area contributed by atoms with Crippen LogP contribution >= 0.6 is 0 Å². The van der Waals surface area contributed by atoms with E-state index in [0.717, 1.165) is 37.7 Å². The lowest BCUT2D eigenvalue weighted by molar-refractivity contribution is 0.245. The summed E-state index contributed by atoms with van der Waals surface area (Å²) in [7, 11) is 0. The number of aromatic nitrogens is 2. The Morgan fingerprint density at radius 1 is 0.818 bits per heavy atom. The van der Waals surface area contributed by atoms with Crippen molar-refractivity contribution < 1.29 is 13.9 Å². The summed E-state index contributed by atoms with van der Waals surface area (Å²) in [6, 6.07) is 19.9. The number of benzene rings is 3. The normalized spacial score (nSPS) is 14.5. The summed E-state index contributed by atoms with van der Waals surface area (Å²) >= 11 is 0. The number of piperazine rings is 1. The number of anilines is 1. The van der Waals surface area contributed by atoms with E-state index in [2.05, 4.69) is 14.8 Å². The van der Waals surface area contributed by atoms with Crippen LogP contribution in [0.25, 0.3) is 22.5 Å². The van der Waals surface area contributed by atoms with Crippen molar-refractivity contribution in [2.45, 2.75) is 6.54 Å². The largest absolute Gasteiger partial charge is 0.508 e. The maximum atomic E-state index is 13.9. The fraction of sp³-hybridized carbons (Fsp3) is 0.192. The van der Waals surface area contributed by atoms with Crippen LogP contribution in [-0.2, 0) is 6.54 Å². The van der Waals surface area contributed by atoms with Gasteiger partial charge >= 0.3 is 0 Å². The number of rotatable bonds is 5. The number of hydrogen-bond donors (Lipinski definition) is 2. The van der Waals surface area contributed by atoms with Crippen molar-refractivity contribution in [3.63, 3.8) is 0 Å². The molecule has 0 aliphatic carbocycles. The monoisotopic (exact) mass is 446 g/mol. The van der Waals surface area contributed by atoms with Crippen LogP contribution in [0.5, 0.6) is 5.75 Å². The molecule has 1 aromatic heterocycles. The lowest BCUT2D eigenvalue weighted by Gasteiger charge is -2.35. The number of phenols is 1. The molecule has 3 aromatic carbocycles. The molecule has 1 aliphatic heterocycles. The molecule has 0 amide bonds. The van der Waals surface area contributed by atoms with Gasteiger partial charge in [-0.05, 0) is 48.5 Å². The highest BCUT2D eigenvalue weighted by molar-refractivity contribution is 5.78. The fourth-order valence-electron chi connectivity index (χ4n) is 4.23. The zero-order valence-electron chi connectivity index (χ0n) is 18.0. The Labute approximate surface area is 190 Å². The molecule has 2 heterocycles. The summed E-state index contributed by atoms with van der Waals surface area (Å²) in [5.41, 5.74) is 3.70. The second kappa shape index (κ2) is 9.03. The van der Waals surface area contributed by atoms with Gasteiger partial charge in [-0.1, -0.05) is 24.3 Å². The number of phenolic OH excluding ortho intramolecular Hbond substituents is 1. The summed E-state index contributed by atoms with van der Waals surface area (Å²) in [5.74, 6) is 0.344. The summed E-state index contributed by atoms with van der Waals surface area (Å²) in [4.78, 5) is 12.7. The lowest BCUT2D eigenvalue weighted by Crippen LogP contribution is -2.46. The smallest absolute Gasteiger partial charge is 0.123 e. The maximum Gasteiger partial charge on any atom is 0.123 e. The average Bonchev–Trinajstić information content (AvgIpc) is 3.24. The number of hydrogen-bond acceptors (Lipinski definition) is 4. The molecule has 5 nitrogen and oxygen atoms in total. The standard InChI is InChI=1S/C26H24F2N4O/c27-20-5-1-3-18(15-20)25-26(19-4-2-6-21(28)16-19)30-24(29-25)17-31-11-13-32(14-12-31)22-7-9-23(33)10-8-22/h1-10,15-16,33H,11-14,17H2,(H,29,30).